The molecule has 2 aromatic carbocycles. The first-order valence-corrected chi connectivity index (χ1v) is 7.73. The van der Waals surface area contributed by atoms with Crippen molar-refractivity contribution in [2.24, 2.45) is 0 Å². The zero-order chi connectivity index (χ0) is 16.8. The fourth-order valence-corrected chi connectivity index (χ4v) is 2.32. The van der Waals surface area contributed by atoms with Crippen molar-refractivity contribution in [2.75, 3.05) is 0 Å². The molecule has 0 fully saturated rings. The van der Waals surface area contributed by atoms with Gasteiger partial charge in [-0.3, -0.25) is 4.79 Å². The largest absolute Gasteiger partial charge is 0.439 e. The lowest BCUT2D eigenvalue weighted by atomic mass is 10.1. The number of nitrogens with one attached hydrogen (secondary N) is 1. The lowest BCUT2D eigenvalue weighted by molar-refractivity contribution is 0.0951. The van der Waals surface area contributed by atoms with Gasteiger partial charge in [0, 0.05) is 24.4 Å². The van der Waals surface area contributed by atoms with Crippen LogP contribution in [0.4, 0.5) is 0 Å². The summed E-state index contributed by atoms with van der Waals surface area (Å²) >= 11 is 0. The van der Waals surface area contributed by atoms with Crippen LogP contribution in [0.3, 0.4) is 0 Å². The van der Waals surface area contributed by atoms with Gasteiger partial charge in [0.15, 0.2) is 0 Å². The Kier molecular flexibility index (Phi) is 4.87. The van der Waals surface area contributed by atoms with E-state index in [-0.39, 0.29) is 5.91 Å². The minimum absolute atomic E-state index is 0.0882. The number of hydrogen-bond acceptors (Lipinski definition) is 3. The van der Waals surface area contributed by atoms with E-state index in [0.29, 0.717) is 23.7 Å². The van der Waals surface area contributed by atoms with Gasteiger partial charge in [0.05, 0.1) is 0 Å². The highest BCUT2D eigenvalue weighted by Gasteiger charge is 2.06. The van der Waals surface area contributed by atoms with Gasteiger partial charge in [-0.25, -0.2) is 4.98 Å². The molecule has 4 heteroatoms. The standard InChI is InChI=1S/C20H18N2O2/c1-15-6-4-8-17(12-15)20(23)22-14-16-7-5-9-18(13-16)24-19-10-2-3-11-21-19/h2-13H,14H2,1H3,(H,22,23). The third-order valence-corrected chi connectivity index (χ3v) is 3.49. The second kappa shape index (κ2) is 7.42. The van der Waals surface area contributed by atoms with Gasteiger partial charge in [-0.05, 0) is 42.8 Å². The second-order valence-electron chi connectivity index (χ2n) is 5.47. The van der Waals surface area contributed by atoms with Crippen LogP contribution in [-0.4, -0.2) is 10.9 Å². The molecule has 3 aromatic rings. The predicted molar refractivity (Wildman–Crippen MR) is 93.1 cm³/mol. The maximum absolute atomic E-state index is 12.2. The maximum atomic E-state index is 12.2. The minimum atomic E-state index is -0.0882. The molecule has 0 aliphatic rings. The topological polar surface area (TPSA) is 51.2 Å². The van der Waals surface area contributed by atoms with Crippen molar-refractivity contribution in [3.05, 3.63) is 89.6 Å². The van der Waals surface area contributed by atoms with Crippen LogP contribution in [0.2, 0.25) is 0 Å². The number of amides is 1. The lowest BCUT2D eigenvalue weighted by Gasteiger charge is -2.08. The average Bonchev–Trinajstić information content (AvgIpc) is 2.61. The van der Waals surface area contributed by atoms with Crippen LogP contribution in [0.25, 0.3) is 0 Å². The molecule has 0 aliphatic heterocycles. The SMILES string of the molecule is Cc1cccc(C(=O)NCc2cccc(Oc3ccccn3)c2)c1. The third-order valence-electron chi connectivity index (χ3n) is 3.49. The van der Waals surface area contributed by atoms with Crippen LogP contribution in [0, 0.1) is 6.92 Å². The van der Waals surface area contributed by atoms with E-state index in [1.807, 2.05) is 67.6 Å². The highest BCUT2D eigenvalue weighted by atomic mass is 16.5. The highest BCUT2D eigenvalue weighted by Crippen LogP contribution is 2.20. The van der Waals surface area contributed by atoms with E-state index >= 15 is 0 Å². The maximum Gasteiger partial charge on any atom is 0.251 e. The van der Waals surface area contributed by atoms with E-state index in [2.05, 4.69) is 10.3 Å². The Hall–Kier alpha value is -3.14. The molecule has 1 amide bonds. The summed E-state index contributed by atoms with van der Waals surface area (Å²) in [5.41, 5.74) is 2.69. The van der Waals surface area contributed by atoms with Crippen molar-refractivity contribution in [3.63, 3.8) is 0 Å². The quantitative estimate of drug-likeness (QED) is 0.770. The monoisotopic (exact) mass is 318 g/mol. The van der Waals surface area contributed by atoms with Crippen molar-refractivity contribution in [3.8, 4) is 11.6 Å². The Labute approximate surface area is 141 Å². The van der Waals surface area contributed by atoms with E-state index in [1.165, 1.54) is 0 Å². The van der Waals surface area contributed by atoms with Crippen molar-refractivity contribution in [2.45, 2.75) is 13.5 Å². The molecule has 0 spiro atoms. The number of aromatic nitrogens is 1. The molecule has 1 N–H and O–H groups in total. The number of hydrogen-bond donors (Lipinski definition) is 1. The first-order valence-electron chi connectivity index (χ1n) is 7.73. The third kappa shape index (κ3) is 4.20. The smallest absolute Gasteiger partial charge is 0.251 e. The summed E-state index contributed by atoms with van der Waals surface area (Å²) in [6, 6.07) is 20.6. The summed E-state index contributed by atoms with van der Waals surface area (Å²) in [4.78, 5) is 16.3. The molecule has 0 bridgehead atoms. The molecule has 1 heterocycles. The number of rotatable bonds is 5. The van der Waals surface area contributed by atoms with Gasteiger partial charge in [0.25, 0.3) is 5.91 Å². The summed E-state index contributed by atoms with van der Waals surface area (Å²) < 4.78 is 5.70. The first kappa shape index (κ1) is 15.7. The second-order valence-corrected chi connectivity index (χ2v) is 5.47. The fourth-order valence-electron chi connectivity index (χ4n) is 2.32. The van der Waals surface area contributed by atoms with Gasteiger partial charge >= 0.3 is 0 Å². The van der Waals surface area contributed by atoms with Gasteiger partial charge in [-0.1, -0.05) is 35.9 Å². The molecule has 3 rings (SSSR count). The molecule has 1 aromatic heterocycles. The Morgan fingerprint density at radius 2 is 1.92 bits per heavy atom. The van der Waals surface area contributed by atoms with Gasteiger partial charge in [0.1, 0.15) is 5.75 Å². The number of nitrogens with zero attached hydrogens (tertiary/aromatic N) is 1. The Morgan fingerprint density at radius 3 is 2.71 bits per heavy atom. The van der Waals surface area contributed by atoms with E-state index in [1.54, 1.807) is 12.3 Å². The minimum Gasteiger partial charge on any atom is -0.439 e. The number of benzene rings is 2. The number of ether oxygens (including phenoxy) is 1. The van der Waals surface area contributed by atoms with E-state index in [9.17, 15) is 4.79 Å². The molecule has 0 aliphatic carbocycles. The molecular weight excluding hydrogens is 300 g/mol. The van der Waals surface area contributed by atoms with Crippen molar-refractivity contribution in [1.29, 1.82) is 0 Å². The molecule has 24 heavy (non-hydrogen) atoms. The molecular formula is C20H18N2O2. The number of carbonyl (C=O) groups excluding carboxylic acids is 1. The van der Waals surface area contributed by atoms with Crippen LogP contribution < -0.4 is 10.1 Å². The Balaban J connectivity index is 1.63. The Bertz CT molecular complexity index is 832. The summed E-state index contributed by atoms with van der Waals surface area (Å²) in [6.45, 7) is 2.40. The van der Waals surface area contributed by atoms with Gasteiger partial charge < -0.3 is 10.1 Å². The summed E-state index contributed by atoms with van der Waals surface area (Å²) in [7, 11) is 0. The van der Waals surface area contributed by atoms with Gasteiger partial charge in [-0.15, -0.1) is 0 Å². The molecule has 4 nitrogen and oxygen atoms in total. The van der Waals surface area contributed by atoms with Crippen LogP contribution >= 0.6 is 0 Å². The van der Waals surface area contributed by atoms with Crippen molar-refractivity contribution >= 4 is 5.91 Å². The molecule has 0 saturated heterocycles. The van der Waals surface area contributed by atoms with Crippen LogP contribution in [0.15, 0.2) is 72.9 Å². The zero-order valence-electron chi connectivity index (χ0n) is 13.4. The van der Waals surface area contributed by atoms with Crippen LogP contribution in [0.5, 0.6) is 11.6 Å². The summed E-state index contributed by atoms with van der Waals surface area (Å²) in [5, 5.41) is 2.92. The fraction of sp³-hybridized carbons (Fsp3) is 0.100. The number of carbonyl (C=O) groups is 1. The average molecular weight is 318 g/mol. The van der Waals surface area contributed by atoms with Gasteiger partial charge in [0.2, 0.25) is 5.88 Å². The number of pyridine rings is 1. The predicted octanol–water partition coefficient (Wildman–Crippen LogP) is 4.11. The van der Waals surface area contributed by atoms with Crippen LogP contribution in [0.1, 0.15) is 21.5 Å². The lowest BCUT2D eigenvalue weighted by Crippen LogP contribution is -2.22. The summed E-state index contributed by atoms with van der Waals surface area (Å²) in [5.74, 6) is 1.14. The normalized spacial score (nSPS) is 10.2. The Morgan fingerprint density at radius 1 is 1.04 bits per heavy atom. The first-order chi connectivity index (χ1) is 11.7. The van der Waals surface area contributed by atoms with Crippen LogP contribution in [-0.2, 0) is 6.54 Å². The molecule has 0 saturated carbocycles. The molecule has 120 valence electrons. The van der Waals surface area contributed by atoms with Crippen molar-refractivity contribution < 1.29 is 9.53 Å². The van der Waals surface area contributed by atoms with E-state index in [0.717, 1.165) is 11.1 Å². The number of aryl methyl sites for hydroxylation is 1. The molecule has 0 unspecified atom stereocenters. The zero-order valence-corrected chi connectivity index (χ0v) is 13.4. The van der Waals surface area contributed by atoms with Crippen molar-refractivity contribution in [1.82, 2.24) is 10.3 Å². The van der Waals surface area contributed by atoms with Gasteiger partial charge in [-0.2, -0.15) is 0 Å². The van der Waals surface area contributed by atoms with E-state index in [4.69, 9.17) is 4.74 Å². The molecule has 0 atom stereocenters. The summed E-state index contributed by atoms with van der Waals surface area (Å²) in [6.07, 6.45) is 1.68. The highest BCUT2D eigenvalue weighted by molar-refractivity contribution is 5.94. The molecule has 0 radical (unpaired) electrons. The van der Waals surface area contributed by atoms with E-state index < -0.39 is 0 Å².